The zero-order valence-corrected chi connectivity index (χ0v) is 12.7. The molecule has 0 bridgehead atoms. The lowest BCUT2D eigenvalue weighted by Crippen LogP contribution is -2.34. The van der Waals surface area contributed by atoms with Crippen LogP contribution < -0.4 is 4.90 Å². The zero-order valence-electron chi connectivity index (χ0n) is 11.9. The predicted octanol–water partition coefficient (Wildman–Crippen LogP) is 0.914. The molecule has 9 heteroatoms. The van der Waals surface area contributed by atoms with Crippen LogP contribution in [0.15, 0.2) is 6.20 Å². The maximum absolute atomic E-state index is 13.1. The van der Waals surface area contributed by atoms with E-state index in [1.807, 2.05) is 26.8 Å². The molecule has 21 heavy (non-hydrogen) atoms. The number of carbonyl (C=O) groups is 1. The molecule has 0 spiro atoms. The Kier molecular flexibility index (Phi) is 3.53. The molecule has 1 aliphatic rings. The minimum absolute atomic E-state index is 0.148. The largest absolute Gasteiger partial charge is 0.307 e. The van der Waals surface area contributed by atoms with E-state index in [1.165, 1.54) is 10.9 Å². The Bertz CT molecular complexity index is 727. The third-order valence-electron chi connectivity index (χ3n) is 3.24. The Morgan fingerprint density at radius 3 is 2.52 bits per heavy atom. The highest BCUT2D eigenvalue weighted by atomic mass is 32.3. The van der Waals surface area contributed by atoms with Gasteiger partial charge in [0.1, 0.15) is 16.9 Å². The van der Waals surface area contributed by atoms with Gasteiger partial charge in [-0.15, -0.1) is 3.89 Å². The molecule has 2 heterocycles. The lowest BCUT2D eigenvalue weighted by Gasteiger charge is -2.26. The summed E-state index contributed by atoms with van der Waals surface area (Å²) in [4.78, 5) is 13.1. The predicted molar refractivity (Wildman–Crippen MR) is 72.7 cm³/mol. The summed E-state index contributed by atoms with van der Waals surface area (Å²) in [6.07, 6.45) is 0.879. The van der Waals surface area contributed by atoms with E-state index in [1.54, 1.807) is 0 Å². The maximum atomic E-state index is 13.1. The standard InChI is InChI=1S/C12H15FN4O3S/c1-12(2,3)17-11(8(5-14)6-15-17)16-7-9(4-10(16)18)21(13,19)20/h6,9H,4,7H2,1-3H3. The van der Waals surface area contributed by atoms with Crippen molar-refractivity contribution >= 4 is 21.9 Å². The van der Waals surface area contributed by atoms with Gasteiger partial charge in [-0.2, -0.15) is 18.8 Å². The van der Waals surface area contributed by atoms with Crippen LogP contribution >= 0.6 is 0 Å². The van der Waals surface area contributed by atoms with Crippen LogP contribution in [0.25, 0.3) is 0 Å². The highest BCUT2D eigenvalue weighted by Crippen LogP contribution is 2.31. The molecule has 1 unspecified atom stereocenters. The number of anilines is 1. The van der Waals surface area contributed by atoms with Crippen LogP contribution in [0.2, 0.25) is 0 Å². The number of nitriles is 1. The lowest BCUT2D eigenvalue weighted by molar-refractivity contribution is -0.117. The average Bonchev–Trinajstić information content (AvgIpc) is 2.89. The average molecular weight is 314 g/mol. The first-order chi connectivity index (χ1) is 9.55. The van der Waals surface area contributed by atoms with Crippen molar-refractivity contribution in [3.63, 3.8) is 0 Å². The van der Waals surface area contributed by atoms with E-state index in [2.05, 4.69) is 5.10 Å². The Labute approximate surface area is 122 Å². The third-order valence-corrected chi connectivity index (χ3v) is 4.36. The van der Waals surface area contributed by atoms with Gasteiger partial charge in [-0.1, -0.05) is 0 Å². The maximum Gasteiger partial charge on any atom is 0.307 e. The summed E-state index contributed by atoms with van der Waals surface area (Å²) in [5.74, 6) is -0.329. The second kappa shape index (κ2) is 4.80. The fourth-order valence-corrected chi connectivity index (χ4v) is 2.91. The highest BCUT2D eigenvalue weighted by Gasteiger charge is 2.42. The molecule has 1 fully saturated rings. The van der Waals surface area contributed by atoms with Gasteiger partial charge in [-0.3, -0.25) is 9.69 Å². The fourth-order valence-electron chi connectivity index (χ4n) is 2.24. The number of halogens is 1. The molecule has 2 rings (SSSR count). The van der Waals surface area contributed by atoms with Gasteiger partial charge < -0.3 is 0 Å². The second-order valence-corrected chi connectivity index (χ2v) is 7.50. The lowest BCUT2D eigenvalue weighted by atomic mass is 10.1. The molecule has 1 aliphatic heterocycles. The van der Waals surface area contributed by atoms with Gasteiger partial charge in [0, 0.05) is 13.0 Å². The molecule has 7 nitrogen and oxygen atoms in total. The van der Waals surface area contributed by atoms with Crippen LogP contribution in [-0.2, 0) is 20.6 Å². The van der Waals surface area contributed by atoms with Crippen LogP contribution in [0, 0.1) is 11.3 Å². The number of hydrogen-bond acceptors (Lipinski definition) is 5. The van der Waals surface area contributed by atoms with E-state index in [9.17, 15) is 17.1 Å². The molecular formula is C12H15FN4O3S. The van der Waals surface area contributed by atoms with Gasteiger partial charge in [0.2, 0.25) is 5.91 Å². The van der Waals surface area contributed by atoms with E-state index < -0.39 is 33.3 Å². The van der Waals surface area contributed by atoms with Gasteiger partial charge in [-0.25, -0.2) is 4.68 Å². The van der Waals surface area contributed by atoms with Crippen LogP contribution in [0.1, 0.15) is 32.8 Å². The van der Waals surface area contributed by atoms with E-state index in [0.29, 0.717) is 0 Å². The second-order valence-electron chi connectivity index (χ2n) is 5.88. The summed E-state index contributed by atoms with van der Waals surface area (Å²) >= 11 is 0. The molecule has 0 aromatic carbocycles. The molecular weight excluding hydrogens is 299 g/mol. The van der Waals surface area contributed by atoms with Crippen molar-refractivity contribution in [2.45, 2.75) is 38.0 Å². The Hall–Kier alpha value is -1.95. The number of aromatic nitrogens is 2. The minimum atomic E-state index is -4.80. The molecule has 1 aromatic rings. The molecule has 1 amide bonds. The van der Waals surface area contributed by atoms with E-state index in [-0.39, 0.29) is 17.9 Å². The number of amides is 1. The van der Waals surface area contributed by atoms with Crippen LogP contribution in [0.5, 0.6) is 0 Å². The summed E-state index contributed by atoms with van der Waals surface area (Å²) in [7, 11) is -4.80. The summed E-state index contributed by atoms with van der Waals surface area (Å²) in [5, 5.41) is 11.8. The van der Waals surface area contributed by atoms with Gasteiger partial charge in [0.15, 0.2) is 5.82 Å². The van der Waals surface area contributed by atoms with Crippen molar-refractivity contribution in [1.29, 1.82) is 5.26 Å². The fraction of sp³-hybridized carbons (Fsp3) is 0.583. The first-order valence-electron chi connectivity index (χ1n) is 6.28. The summed E-state index contributed by atoms with van der Waals surface area (Å²) in [6.45, 7) is 5.17. The van der Waals surface area contributed by atoms with Crippen molar-refractivity contribution in [3.05, 3.63) is 11.8 Å². The summed E-state index contributed by atoms with van der Waals surface area (Å²) in [5.41, 5.74) is -0.368. The van der Waals surface area contributed by atoms with Crippen molar-refractivity contribution in [3.8, 4) is 6.07 Å². The Balaban J connectivity index is 2.51. The molecule has 1 aromatic heterocycles. The highest BCUT2D eigenvalue weighted by molar-refractivity contribution is 7.87. The van der Waals surface area contributed by atoms with Gasteiger partial charge in [0.05, 0.1) is 11.7 Å². The van der Waals surface area contributed by atoms with Crippen molar-refractivity contribution in [2.75, 3.05) is 11.4 Å². The number of nitrogens with zero attached hydrogens (tertiary/aromatic N) is 4. The molecule has 1 atom stereocenters. The van der Waals surface area contributed by atoms with Crippen LogP contribution in [0.3, 0.4) is 0 Å². The normalized spacial score (nSPS) is 19.9. The number of rotatable bonds is 2. The molecule has 114 valence electrons. The van der Waals surface area contributed by atoms with Crippen molar-refractivity contribution < 1.29 is 17.1 Å². The Morgan fingerprint density at radius 2 is 2.10 bits per heavy atom. The first-order valence-corrected chi connectivity index (χ1v) is 7.73. The summed E-state index contributed by atoms with van der Waals surface area (Å²) in [6, 6.07) is 1.92. The molecule has 0 radical (unpaired) electrons. The van der Waals surface area contributed by atoms with Crippen molar-refractivity contribution in [2.24, 2.45) is 0 Å². The first kappa shape index (κ1) is 15.4. The minimum Gasteiger partial charge on any atom is -0.294 e. The van der Waals surface area contributed by atoms with E-state index in [0.717, 1.165) is 4.90 Å². The smallest absolute Gasteiger partial charge is 0.294 e. The van der Waals surface area contributed by atoms with E-state index >= 15 is 0 Å². The zero-order chi connectivity index (χ0) is 16.0. The van der Waals surface area contributed by atoms with Gasteiger partial charge in [-0.05, 0) is 20.8 Å². The monoisotopic (exact) mass is 314 g/mol. The summed E-state index contributed by atoms with van der Waals surface area (Å²) < 4.78 is 36.6. The van der Waals surface area contributed by atoms with Gasteiger partial charge >= 0.3 is 10.2 Å². The molecule has 0 N–H and O–H groups in total. The number of hydrogen-bond donors (Lipinski definition) is 0. The molecule has 0 saturated carbocycles. The van der Waals surface area contributed by atoms with Crippen LogP contribution in [-0.4, -0.2) is 35.9 Å². The van der Waals surface area contributed by atoms with Crippen LogP contribution in [0.4, 0.5) is 9.70 Å². The topological polar surface area (TPSA) is 96.1 Å². The van der Waals surface area contributed by atoms with E-state index in [4.69, 9.17) is 5.26 Å². The number of carbonyl (C=O) groups excluding carboxylic acids is 1. The third kappa shape index (κ3) is 2.76. The van der Waals surface area contributed by atoms with Gasteiger partial charge in [0.25, 0.3) is 0 Å². The van der Waals surface area contributed by atoms with Crippen molar-refractivity contribution in [1.82, 2.24) is 9.78 Å². The SMILES string of the molecule is CC(C)(C)n1ncc(C#N)c1N1CC(S(=O)(=O)F)CC1=O. The quantitative estimate of drug-likeness (QED) is 0.756. The Morgan fingerprint density at radius 1 is 1.48 bits per heavy atom. The molecule has 0 aliphatic carbocycles. The molecule has 1 saturated heterocycles.